The van der Waals surface area contributed by atoms with Crippen LogP contribution >= 0.6 is 0 Å². The van der Waals surface area contributed by atoms with Crippen LogP contribution < -0.4 is 10.1 Å². The third-order valence-corrected chi connectivity index (χ3v) is 4.93. The number of imidazole rings is 1. The van der Waals surface area contributed by atoms with E-state index in [2.05, 4.69) is 47.1 Å². The number of pyridine rings is 1. The Bertz CT molecular complexity index is 1260. The number of hydrogen-bond acceptors (Lipinski definition) is 6. The van der Waals surface area contributed by atoms with Gasteiger partial charge in [-0.3, -0.25) is 0 Å². The first-order valence-corrected chi connectivity index (χ1v) is 10.5. The molecule has 2 heterocycles. The quantitative estimate of drug-likeness (QED) is 0.367. The minimum absolute atomic E-state index is 0.0151. The monoisotopic (exact) mass is 430 g/mol. The highest BCUT2D eigenvalue weighted by Gasteiger charge is 2.16. The molecule has 0 bridgehead atoms. The first kappa shape index (κ1) is 21.4. The molecule has 2 aromatic carbocycles. The van der Waals surface area contributed by atoms with E-state index >= 15 is 0 Å². The maximum atomic E-state index is 12.0. The lowest BCUT2D eigenvalue weighted by atomic mass is 9.87. The maximum absolute atomic E-state index is 12.0. The molecule has 2 N–H and O–H groups in total. The van der Waals surface area contributed by atoms with Crippen molar-refractivity contribution in [2.45, 2.75) is 33.1 Å². The lowest BCUT2D eigenvalue weighted by Crippen LogP contribution is -2.10. The summed E-state index contributed by atoms with van der Waals surface area (Å²) in [6.45, 7) is 8.59. The Morgan fingerprint density at radius 2 is 1.94 bits per heavy atom. The molecule has 0 amide bonds. The number of rotatable bonds is 6. The summed E-state index contributed by atoms with van der Waals surface area (Å²) < 4.78 is 11.2. The number of anilines is 2. The normalized spacial score (nSPS) is 11.4. The number of benzene rings is 2. The fourth-order valence-electron chi connectivity index (χ4n) is 3.24. The molecule has 7 nitrogen and oxygen atoms in total. The molecule has 2 aromatic heterocycles. The minimum atomic E-state index is -0.362. The van der Waals surface area contributed by atoms with Gasteiger partial charge in [-0.1, -0.05) is 32.9 Å². The average Bonchev–Trinajstić information content (AvgIpc) is 3.16. The van der Waals surface area contributed by atoms with Gasteiger partial charge in [-0.2, -0.15) is 0 Å². The molecule has 4 rings (SSSR count). The first-order valence-electron chi connectivity index (χ1n) is 10.5. The van der Waals surface area contributed by atoms with Crippen molar-refractivity contribution < 1.29 is 14.3 Å². The van der Waals surface area contributed by atoms with Crippen LogP contribution in [-0.2, 0) is 10.2 Å². The van der Waals surface area contributed by atoms with Gasteiger partial charge in [0.25, 0.3) is 0 Å². The molecule has 0 saturated carbocycles. The molecular formula is C25H26N4O3. The van der Waals surface area contributed by atoms with E-state index in [0.29, 0.717) is 35.4 Å². The zero-order valence-corrected chi connectivity index (χ0v) is 18.6. The van der Waals surface area contributed by atoms with Crippen LogP contribution in [0.15, 0.2) is 60.8 Å². The number of esters is 1. The Morgan fingerprint density at radius 3 is 2.72 bits per heavy atom. The zero-order valence-electron chi connectivity index (χ0n) is 18.6. The molecular weight excluding hydrogens is 404 g/mol. The second-order valence-electron chi connectivity index (χ2n) is 8.40. The summed E-state index contributed by atoms with van der Waals surface area (Å²) >= 11 is 0. The third-order valence-electron chi connectivity index (χ3n) is 4.93. The molecule has 0 saturated heterocycles. The number of fused-ring (bicyclic) bond motifs is 1. The predicted molar refractivity (Wildman–Crippen MR) is 125 cm³/mol. The number of H-pyrrole nitrogens is 1. The van der Waals surface area contributed by atoms with Crippen LogP contribution in [0.1, 0.15) is 43.6 Å². The van der Waals surface area contributed by atoms with Crippen LogP contribution in [-0.4, -0.2) is 27.5 Å². The Hall–Kier alpha value is -3.87. The van der Waals surface area contributed by atoms with Gasteiger partial charge in [0.05, 0.1) is 23.2 Å². The van der Waals surface area contributed by atoms with Crippen molar-refractivity contribution in [2.75, 3.05) is 11.9 Å². The lowest BCUT2D eigenvalue weighted by Gasteiger charge is -2.19. The SMILES string of the molecule is CCOC(=O)c1ccc2nc(Nc3cccnc3Oc3cccc(C(C)(C)C)c3)[nH]c2c1. The summed E-state index contributed by atoms with van der Waals surface area (Å²) in [7, 11) is 0. The molecule has 0 aliphatic rings. The van der Waals surface area contributed by atoms with Gasteiger partial charge in [-0.25, -0.2) is 14.8 Å². The molecule has 4 aromatic rings. The van der Waals surface area contributed by atoms with Crippen molar-refractivity contribution in [3.8, 4) is 11.6 Å². The van der Waals surface area contributed by atoms with Crippen LogP contribution in [0.25, 0.3) is 11.0 Å². The van der Waals surface area contributed by atoms with Gasteiger partial charge in [0.15, 0.2) is 0 Å². The van der Waals surface area contributed by atoms with E-state index in [1.165, 1.54) is 5.56 Å². The number of nitrogens with zero attached hydrogens (tertiary/aromatic N) is 2. The smallest absolute Gasteiger partial charge is 0.338 e. The molecule has 0 aliphatic heterocycles. The summed E-state index contributed by atoms with van der Waals surface area (Å²) in [6.07, 6.45) is 1.68. The van der Waals surface area contributed by atoms with E-state index in [-0.39, 0.29) is 11.4 Å². The van der Waals surface area contributed by atoms with E-state index in [4.69, 9.17) is 9.47 Å². The zero-order chi connectivity index (χ0) is 22.7. The second kappa shape index (κ2) is 8.70. The van der Waals surface area contributed by atoms with Gasteiger partial charge in [-0.05, 0) is 60.4 Å². The highest BCUT2D eigenvalue weighted by molar-refractivity contribution is 5.94. The fourth-order valence-corrected chi connectivity index (χ4v) is 3.24. The van der Waals surface area contributed by atoms with Gasteiger partial charge in [0, 0.05) is 6.20 Å². The lowest BCUT2D eigenvalue weighted by molar-refractivity contribution is 0.0526. The summed E-state index contributed by atoms with van der Waals surface area (Å²) in [5.74, 6) is 1.30. The molecule has 0 atom stereocenters. The standard InChI is InChI=1S/C25H26N4O3/c1-5-31-23(30)16-11-12-19-21(14-16)29-24(27-19)28-20-10-7-13-26-22(20)32-18-9-6-8-17(15-18)25(2,3)4/h6-15H,5H2,1-4H3,(H2,27,28,29). The Labute approximate surface area is 186 Å². The van der Waals surface area contributed by atoms with Gasteiger partial charge >= 0.3 is 5.97 Å². The highest BCUT2D eigenvalue weighted by atomic mass is 16.5. The fraction of sp³-hybridized carbons (Fsp3) is 0.240. The van der Waals surface area contributed by atoms with Crippen molar-refractivity contribution in [2.24, 2.45) is 0 Å². The number of carbonyl (C=O) groups is 1. The molecule has 0 radical (unpaired) electrons. The largest absolute Gasteiger partial charge is 0.462 e. The van der Waals surface area contributed by atoms with Gasteiger partial charge in [-0.15, -0.1) is 0 Å². The maximum Gasteiger partial charge on any atom is 0.338 e. The van der Waals surface area contributed by atoms with Crippen molar-refractivity contribution in [1.29, 1.82) is 0 Å². The van der Waals surface area contributed by atoms with Crippen molar-refractivity contribution in [3.63, 3.8) is 0 Å². The first-order chi connectivity index (χ1) is 15.3. The van der Waals surface area contributed by atoms with Crippen molar-refractivity contribution in [1.82, 2.24) is 15.0 Å². The summed E-state index contributed by atoms with van der Waals surface area (Å²) in [5.41, 5.74) is 3.78. The van der Waals surface area contributed by atoms with Gasteiger partial charge < -0.3 is 19.8 Å². The Kier molecular flexibility index (Phi) is 5.81. The Balaban J connectivity index is 1.58. The van der Waals surface area contributed by atoms with Crippen molar-refractivity contribution >= 4 is 28.6 Å². The topological polar surface area (TPSA) is 89.1 Å². The third kappa shape index (κ3) is 4.72. The Morgan fingerprint density at radius 1 is 1.09 bits per heavy atom. The van der Waals surface area contributed by atoms with E-state index < -0.39 is 0 Å². The van der Waals surface area contributed by atoms with E-state index in [9.17, 15) is 4.79 Å². The van der Waals surface area contributed by atoms with Crippen molar-refractivity contribution in [3.05, 3.63) is 71.9 Å². The molecule has 32 heavy (non-hydrogen) atoms. The number of nitrogens with one attached hydrogen (secondary N) is 2. The van der Waals surface area contributed by atoms with E-state index in [0.717, 1.165) is 11.0 Å². The average molecular weight is 431 g/mol. The second-order valence-corrected chi connectivity index (χ2v) is 8.40. The number of aromatic nitrogens is 3. The molecule has 0 spiro atoms. The van der Waals surface area contributed by atoms with Gasteiger partial charge in [0.2, 0.25) is 11.8 Å². The van der Waals surface area contributed by atoms with Crippen LogP contribution in [0.3, 0.4) is 0 Å². The number of carbonyl (C=O) groups excluding carboxylic acids is 1. The van der Waals surface area contributed by atoms with Gasteiger partial charge in [0.1, 0.15) is 11.4 Å². The summed E-state index contributed by atoms with van der Waals surface area (Å²) in [5, 5.41) is 3.23. The van der Waals surface area contributed by atoms with Crippen LogP contribution in [0, 0.1) is 0 Å². The van der Waals surface area contributed by atoms with E-state index in [1.807, 2.05) is 30.3 Å². The minimum Gasteiger partial charge on any atom is -0.462 e. The molecule has 0 fully saturated rings. The number of ether oxygens (including phenoxy) is 2. The molecule has 0 unspecified atom stereocenters. The highest BCUT2D eigenvalue weighted by Crippen LogP contribution is 2.32. The molecule has 7 heteroatoms. The van der Waals surface area contributed by atoms with Crippen LogP contribution in [0.5, 0.6) is 11.6 Å². The van der Waals surface area contributed by atoms with E-state index in [1.54, 1.807) is 31.3 Å². The molecule has 164 valence electrons. The summed E-state index contributed by atoms with van der Waals surface area (Å²) in [6, 6.07) is 16.9. The predicted octanol–water partition coefficient (Wildman–Crippen LogP) is 5.97. The number of hydrogen-bond donors (Lipinski definition) is 2. The summed E-state index contributed by atoms with van der Waals surface area (Å²) in [4.78, 5) is 24.1. The molecule has 0 aliphatic carbocycles. The number of aromatic amines is 1. The van der Waals surface area contributed by atoms with Crippen LogP contribution in [0.4, 0.5) is 11.6 Å². The van der Waals surface area contributed by atoms with Crippen LogP contribution in [0.2, 0.25) is 0 Å².